The monoisotopic (exact) mass is 574 g/mol. The first kappa shape index (κ1) is 27.2. The van der Waals surface area contributed by atoms with Gasteiger partial charge in [-0.3, -0.25) is 14.5 Å². The van der Waals surface area contributed by atoms with E-state index in [-0.39, 0.29) is 23.7 Å². The van der Waals surface area contributed by atoms with Crippen LogP contribution in [0.5, 0.6) is 11.8 Å². The fourth-order valence-electron chi connectivity index (χ4n) is 4.67. The normalized spacial score (nSPS) is 18.9. The molecule has 11 nitrogen and oxygen atoms in total. The average molecular weight is 575 g/mol. The topological polar surface area (TPSA) is 110 Å². The van der Waals surface area contributed by atoms with Crippen molar-refractivity contribution in [1.82, 2.24) is 19.9 Å². The summed E-state index contributed by atoms with van der Waals surface area (Å²) in [5.41, 5.74) is 2.76. The SMILES string of the molecule is Cc1ccccc1CN1C(=O)S/C(=C\c2ccc(Oc3nc(N4CCOCC4)nc(N4CCOCC4)n3)cc2)C1=O. The second kappa shape index (κ2) is 12.2. The van der Waals surface area contributed by atoms with Crippen LogP contribution < -0.4 is 14.5 Å². The van der Waals surface area contributed by atoms with Gasteiger partial charge in [-0.05, 0) is 53.6 Å². The van der Waals surface area contributed by atoms with Crippen LogP contribution in [0.15, 0.2) is 53.4 Å². The van der Waals surface area contributed by atoms with Crippen LogP contribution >= 0.6 is 11.8 Å². The first-order valence-corrected chi connectivity index (χ1v) is 14.3. The summed E-state index contributed by atoms with van der Waals surface area (Å²) in [4.78, 5) is 45.3. The zero-order valence-corrected chi connectivity index (χ0v) is 23.5. The van der Waals surface area contributed by atoms with Gasteiger partial charge in [0.05, 0.1) is 37.9 Å². The largest absolute Gasteiger partial charge is 0.424 e. The third-order valence-electron chi connectivity index (χ3n) is 7.03. The summed E-state index contributed by atoms with van der Waals surface area (Å²) in [6.07, 6.45) is 1.72. The highest BCUT2D eigenvalue weighted by Gasteiger charge is 2.35. The Hall–Kier alpha value is -4.00. The van der Waals surface area contributed by atoms with Crippen LogP contribution in [0.1, 0.15) is 16.7 Å². The molecule has 2 aromatic carbocycles. The van der Waals surface area contributed by atoms with Crippen LogP contribution in [-0.4, -0.2) is 83.6 Å². The van der Waals surface area contributed by atoms with Crippen LogP contribution in [0.25, 0.3) is 6.08 Å². The van der Waals surface area contributed by atoms with Crippen LogP contribution in [0.4, 0.5) is 16.7 Å². The van der Waals surface area contributed by atoms with Crippen molar-refractivity contribution in [3.8, 4) is 11.8 Å². The average Bonchev–Trinajstić information content (AvgIpc) is 3.27. The number of nitrogens with zero attached hydrogens (tertiary/aromatic N) is 6. The van der Waals surface area contributed by atoms with E-state index in [9.17, 15) is 9.59 Å². The number of carbonyl (C=O) groups excluding carboxylic acids is 2. The van der Waals surface area contributed by atoms with E-state index in [1.165, 1.54) is 4.90 Å². The van der Waals surface area contributed by atoms with E-state index >= 15 is 0 Å². The second-order valence-electron chi connectivity index (χ2n) is 9.78. The lowest BCUT2D eigenvalue weighted by Crippen LogP contribution is -2.40. The quantitative estimate of drug-likeness (QED) is 0.384. The number of anilines is 2. The van der Waals surface area contributed by atoms with E-state index in [2.05, 4.69) is 19.8 Å². The van der Waals surface area contributed by atoms with Crippen molar-refractivity contribution in [3.63, 3.8) is 0 Å². The molecule has 3 aliphatic heterocycles. The van der Waals surface area contributed by atoms with Crippen molar-refractivity contribution in [2.75, 3.05) is 62.4 Å². The molecule has 1 aromatic heterocycles. The summed E-state index contributed by atoms with van der Waals surface area (Å²) >= 11 is 0.952. The number of morpholine rings is 2. The highest BCUT2D eigenvalue weighted by molar-refractivity contribution is 8.18. The van der Waals surface area contributed by atoms with Gasteiger partial charge in [-0.15, -0.1) is 0 Å². The third kappa shape index (κ3) is 6.34. The third-order valence-corrected chi connectivity index (χ3v) is 7.94. The van der Waals surface area contributed by atoms with E-state index in [0.717, 1.165) is 28.5 Å². The number of hydrogen-bond acceptors (Lipinski definition) is 11. The standard InChI is InChI=1S/C29H30N6O5S/c1-20-4-2-3-5-22(20)19-35-25(36)24(41-29(35)37)18-21-6-8-23(9-7-21)40-28-31-26(33-10-14-38-15-11-33)30-27(32-28)34-12-16-39-17-13-34/h2-9,18H,10-17,19H2,1H3/b24-18-. The Bertz CT molecular complexity index is 1420. The zero-order chi connectivity index (χ0) is 28.2. The molecule has 0 saturated carbocycles. The van der Waals surface area contributed by atoms with E-state index in [0.29, 0.717) is 75.2 Å². The molecule has 0 N–H and O–H groups in total. The summed E-state index contributed by atoms with van der Waals surface area (Å²) in [5.74, 6) is 1.36. The molecule has 3 fully saturated rings. The van der Waals surface area contributed by atoms with E-state index < -0.39 is 0 Å². The molecule has 6 rings (SSSR count). The number of imide groups is 1. The van der Waals surface area contributed by atoms with Gasteiger partial charge in [0.2, 0.25) is 11.9 Å². The molecule has 0 spiro atoms. The number of aryl methyl sites for hydroxylation is 1. The Kier molecular flexibility index (Phi) is 8.12. The van der Waals surface area contributed by atoms with Gasteiger partial charge in [-0.25, -0.2) is 0 Å². The van der Waals surface area contributed by atoms with Crippen molar-refractivity contribution in [3.05, 3.63) is 70.1 Å². The van der Waals surface area contributed by atoms with Crippen molar-refractivity contribution in [1.29, 1.82) is 0 Å². The van der Waals surface area contributed by atoms with Gasteiger partial charge >= 0.3 is 6.01 Å². The number of aromatic nitrogens is 3. The predicted molar refractivity (Wildman–Crippen MR) is 155 cm³/mol. The minimum atomic E-state index is -0.292. The molecule has 0 unspecified atom stereocenters. The molecule has 212 valence electrons. The van der Waals surface area contributed by atoms with E-state index in [1.807, 2.05) is 43.3 Å². The molecule has 3 aromatic rings. The van der Waals surface area contributed by atoms with Crippen molar-refractivity contribution in [2.45, 2.75) is 13.5 Å². The summed E-state index contributed by atoms with van der Waals surface area (Å²) in [6, 6.07) is 15.2. The number of carbonyl (C=O) groups is 2. The molecular weight excluding hydrogens is 544 g/mol. The zero-order valence-electron chi connectivity index (χ0n) is 22.7. The first-order valence-electron chi connectivity index (χ1n) is 13.5. The number of benzene rings is 2. The van der Waals surface area contributed by atoms with Crippen LogP contribution in [-0.2, 0) is 20.8 Å². The molecule has 4 heterocycles. The molecule has 12 heteroatoms. The molecule has 3 aliphatic rings. The van der Waals surface area contributed by atoms with Gasteiger partial charge in [0.25, 0.3) is 11.1 Å². The number of hydrogen-bond donors (Lipinski definition) is 0. The van der Waals surface area contributed by atoms with Gasteiger partial charge < -0.3 is 24.0 Å². The van der Waals surface area contributed by atoms with Crippen LogP contribution in [0, 0.1) is 6.92 Å². The number of ether oxygens (including phenoxy) is 3. The highest BCUT2D eigenvalue weighted by Crippen LogP contribution is 2.34. The Morgan fingerprint density at radius 1 is 0.854 bits per heavy atom. The molecule has 0 radical (unpaired) electrons. The molecule has 0 atom stereocenters. The molecule has 3 saturated heterocycles. The summed E-state index contributed by atoms with van der Waals surface area (Å²) < 4.78 is 17.0. The van der Waals surface area contributed by atoms with Gasteiger partial charge in [-0.2, -0.15) is 15.0 Å². The van der Waals surface area contributed by atoms with E-state index in [1.54, 1.807) is 18.2 Å². The second-order valence-corrected chi connectivity index (χ2v) is 10.8. The summed E-state index contributed by atoms with van der Waals surface area (Å²) in [6.45, 7) is 7.44. The van der Waals surface area contributed by atoms with Gasteiger partial charge in [0.1, 0.15) is 5.75 Å². The lowest BCUT2D eigenvalue weighted by molar-refractivity contribution is -0.123. The number of thioether (sulfide) groups is 1. The lowest BCUT2D eigenvalue weighted by atomic mass is 10.1. The first-order chi connectivity index (χ1) is 20.0. The minimum absolute atomic E-state index is 0.202. The number of amides is 2. The lowest BCUT2D eigenvalue weighted by Gasteiger charge is -2.30. The highest BCUT2D eigenvalue weighted by atomic mass is 32.2. The smallest absolute Gasteiger partial charge is 0.328 e. The Balaban J connectivity index is 1.17. The molecular formula is C29H30N6O5S. The Morgan fingerprint density at radius 2 is 1.46 bits per heavy atom. The molecule has 2 amide bonds. The fraction of sp³-hybridized carbons (Fsp3) is 0.345. The van der Waals surface area contributed by atoms with Gasteiger partial charge in [-0.1, -0.05) is 36.4 Å². The minimum Gasteiger partial charge on any atom is -0.424 e. The number of rotatable bonds is 7. The van der Waals surface area contributed by atoms with Crippen LogP contribution in [0.3, 0.4) is 0 Å². The molecule has 41 heavy (non-hydrogen) atoms. The fourth-order valence-corrected chi connectivity index (χ4v) is 5.51. The summed E-state index contributed by atoms with van der Waals surface area (Å²) in [5, 5.41) is -0.272. The van der Waals surface area contributed by atoms with Crippen LogP contribution in [0.2, 0.25) is 0 Å². The summed E-state index contributed by atoms with van der Waals surface area (Å²) in [7, 11) is 0. The maximum Gasteiger partial charge on any atom is 0.328 e. The van der Waals surface area contributed by atoms with Crippen molar-refractivity contribution >= 4 is 40.9 Å². The maximum atomic E-state index is 13.0. The molecule has 0 bridgehead atoms. The Morgan fingerprint density at radius 3 is 2.07 bits per heavy atom. The maximum absolute atomic E-state index is 13.0. The predicted octanol–water partition coefficient (Wildman–Crippen LogP) is 3.88. The Labute approximate surface area is 242 Å². The van der Waals surface area contributed by atoms with Gasteiger partial charge in [0, 0.05) is 26.2 Å². The van der Waals surface area contributed by atoms with Crippen molar-refractivity contribution in [2.24, 2.45) is 0 Å². The van der Waals surface area contributed by atoms with E-state index in [4.69, 9.17) is 19.2 Å². The van der Waals surface area contributed by atoms with Crippen molar-refractivity contribution < 1.29 is 23.8 Å². The molecule has 0 aliphatic carbocycles. The van der Waals surface area contributed by atoms with Gasteiger partial charge in [0.15, 0.2) is 0 Å².